The highest BCUT2D eigenvalue weighted by Crippen LogP contribution is 2.21. The molecule has 1 fully saturated rings. The number of hydrogen-bond donors (Lipinski definition) is 1. The van der Waals surface area contributed by atoms with Gasteiger partial charge in [-0.15, -0.1) is 0 Å². The molecule has 0 amide bonds. The van der Waals surface area contributed by atoms with Crippen molar-refractivity contribution in [2.75, 3.05) is 26.2 Å². The van der Waals surface area contributed by atoms with Gasteiger partial charge in [0, 0.05) is 31.2 Å². The summed E-state index contributed by atoms with van der Waals surface area (Å²) in [5.74, 6) is -0.243. The number of carboxylic acid groups (broad SMARTS) is 1. The molecule has 1 N–H and O–H groups in total. The van der Waals surface area contributed by atoms with Crippen molar-refractivity contribution >= 4 is 5.97 Å². The zero-order chi connectivity index (χ0) is 14.7. The highest BCUT2D eigenvalue weighted by atomic mass is 16.4. The molecule has 1 unspecified atom stereocenters. The van der Waals surface area contributed by atoms with E-state index >= 15 is 0 Å². The lowest BCUT2D eigenvalue weighted by Gasteiger charge is -2.26. The Bertz CT molecular complexity index is 466. The second-order valence-corrected chi connectivity index (χ2v) is 5.40. The normalized spacial score (nSPS) is 19.9. The Hall–Kier alpha value is -1.33. The van der Waals surface area contributed by atoms with Gasteiger partial charge in [0.1, 0.15) is 5.76 Å². The Kier molecular flexibility index (Phi) is 4.83. The van der Waals surface area contributed by atoms with E-state index in [0.29, 0.717) is 11.8 Å². The van der Waals surface area contributed by atoms with Gasteiger partial charge in [0.2, 0.25) is 5.76 Å². The third-order valence-electron chi connectivity index (χ3n) is 4.20. The summed E-state index contributed by atoms with van der Waals surface area (Å²) in [6.07, 6.45) is 1.18. The number of rotatable bonds is 6. The number of carbonyl (C=O) groups is 1. The van der Waals surface area contributed by atoms with Crippen LogP contribution in [0.5, 0.6) is 0 Å². The maximum absolute atomic E-state index is 10.9. The summed E-state index contributed by atoms with van der Waals surface area (Å²) in [6, 6.07) is 2.28. The predicted molar refractivity (Wildman–Crippen MR) is 77.0 cm³/mol. The molecular formula is C15H24N2O3. The number of aromatic carboxylic acids is 1. The molecule has 1 saturated heterocycles. The molecule has 1 aromatic heterocycles. The summed E-state index contributed by atoms with van der Waals surface area (Å²) in [5, 5.41) is 8.95. The summed E-state index contributed by atoms with van der Waals surface area (Å²) >= 11 is 0. The van der Waals surface area contributed by atoms with Crippen LogP contribution in [0.25, 0.3) is 0 Å². The van der Waals surface area contributed by atoms with Gasteiger partial charge in [-0.3, -0.25) is 9.80 Å². The van der Waals surface area contributed by atoms with Gasteiger partial charge >= 0.3 is 5.97 Å². The predicted octanol–water partition coefficient (Wildman–Crippen LogP) is 2.20. The van der Waals surface area contributed by atoms with E-state index in [4.69, 9.17) is 9.52 Å². The lowest BCUT2D eigenvalue weighted by Crippen LogP contribution is -2.37. The Morgan fingerprint density at radius 2 is 2.20 bits per heavy atom. The Morgan fingerprint density at radius 1 is 1.50 bits per heavy atom. The third kappa shape index (κ3) is 3.22. The molecular weight excluding hydrogens is 256 g/mol. The standard InChI is InChI=1S/C15H24N2O3/c1-4-17(5-2)13-6-7-16(10-13)9-12-8-14(15(18)19)20-11(12)3/h8,13H,4-7,9-10H2,1-3H3,(H,18,19). The maximum Gasteiger partial charge on any atom is 0.371 e. The van der Waals surface area contributed by atoms with Crippen molar-refractivity contribution in [2.45, 2.75) is 39.8 Å². The van der Waals surface area contributed by atoms with Crippen LogP contribution in [-0.4, -0.2) is 53.1 Å². The van der Waals surface area contributed by atoms with Crippen LogP contribution in [0, 0.1) is 6.92 Å². The molecule has 112 valence electrons. The summed E-state index contributed by atoms with van der Waals surface area (Å²) in [5.41, 5.74) is 0.989. The van der Waals surface area contributed by atoms with Crippen LogP contribution in [0.4, 0.5) is 0 Å². The summed E-state index contributed by atoms with van der Waals surface area (Å²) in [4.78, 5) is 15.8. The molecule has 0 bridgehead atoms. The van der Waals surface area contributed by atoms with Gasteiger partial charge in [0.25, 0.3) is 0 Å². The molecule has 2 heterocycles. The smallest absolute Gasteiger partial charge is 0.371 e. The molecule has 0 spiro atoms. The maximum atomic E-state index is 10.9. The van der Waals surface area contributed by atoms with E-state index in [2.05, 4.69) is 23.6 Å². The van der Waals surface area contributed by atoms with E-state index in [1.807, 2.05) is 6.92 Å². The second kappa shape index (κ2) is 6.41. The van der Waals surface area contributed by atoms with Crippen LogP contribution in [0.15, 0.2) is 10.5 Å². The SMILES string of the molecule is CCN(CC)C1CCN(Cc2cc(C(=O)O)oc2C)C1. The van der Waals surface area contributed by atoms with Gasteiger partial charge in [0.05, 0.1) is 0 Å². The first-order valence-electron chi connectivity index (χ1n) is 7.34. The average Bonchev–Trinajstić information content (AvgIpc) is 3.00. The minimum absolute atomic E-state index is 0.0389. The highest BCUT2D eigenvalue weighted by Gasteiger charge is 2.27. The quantitative estimate of drug-likeness (QED) is 0.865. The van der Waals surface area contributed by atoms with E-state index in [0.717, 1.165) is 38.3 Å². The van der Waals surface area contributed by atoms with E-state index in [1.54, 1.807) is 6.07 Å². The lowest BCUT2D eigenvalue weighted by atomic mass is 10.2. The van der Waals surface area contributed by atoms with Crippen LogP contribution < -0.4 is 0 Å². The van der Waals surface area contributed by atoms with Crippen LogP contribution >= 0.6 is 0 Å². The fourth-order valence-electron chi connectivity index (χ4n) is 3.02. The molecule has 2 rings (SSSR count). The molecule has 1 aromatic rings. The molecule has 0 aliphatic carbocycles. The van der Waals surface area contributed by atoms with Crippen molar-refractivity contribution in [3.63, 3.8) is 0 Å². The van der Waals surface area contributed by atoms with Gasteiger partial charge < -0.3 is 9.52 Å². The number of likely N-dealkylation sites (N-methyl/N-ethyl adjacent to an activating group) is 1. The van der Waals surface area contributed by atoms with E-state index in [9.17, 15) is 4.79 Å². The molecule has 0 saturated carbocycles. The minimum atomic E-state index is -0.998. The average molecular weight is 280 g/mol. The fraction of sp³-hybridized carbons (Fsp3) is 0.667. The third-order valence-corrected chi connectivity index (χ3v) is 4.20. The molecule has 20 heavy (non-hydrogen) atoms. The first kappa shape index (κ1) is 15.1. The van der Waals surface area contributed by atoms with Gasteiger partial charge in [-0.2, -0.15) is 0 Å². The topological polar surface area (TPSA) is 56.9 Å². The lowest BCUT2D eigenvalue weighted by molar-refractivity contribution is 0.0661. The van der Waals surface area contributed by atoms with Crippen molar-refractivity contribution in [1.82, 2.24) is 9.80 Å². The number of aryl methyl sites for hydroxylation is 1. The largest absolute Gasteiger partial charge is 0.475 e. The van der Waals surface area contributed by atoms with Crippen LogP contribution in [0.2, 0.25) is 0 Å². The monoisotopic (exact) mass is 280 g/mol. The Labute approximate surface area is 120 Å². The number of furan rings is 1. The number of likely N-dealkylation sites (tertiary alicyclic amines) is 1. The van der Waals surface area contributed by atoms with Crippen molar-refractivity contribution in [3.05, 3.63) is 23.2 Å². The van der Waals surface area contributed by atoms with Gasteiger partial charge in [-0.05, 0) is 32.5 Å². The number of carboxylic acids is 1. The van der Waals surface area contributed by atoms with Crippen LogP contribution in [0.3, 0.4) is 0 Å². The Balaban J connectivity index is 1.97. The fourth-order valence-corrected chi connectivity index (χ4v) is 3.02. The van der Waals surface area contributed by atoms with E-state index < -0.39 is 5.97 Å². The highest BCUT2D eigenvalue weighted by molar-refractivity contribution is 5.84. The van der Waals surface area contributed by atoms with E-state index in [1.165, 1.54) is 6.42 Å². The van der Waals surface area contributed by atoms with Crippen LogP contribution in [0.1, 0.15) is 42.1 Å². The molecule has 0 radical (unpaired) electrons. The number of hydrogen-bond acceptors (Lipinski definition) is 4. The van der Waals surface area contributed by atoms with Crippen molar-refractivity contribution in [2.24, 2.45) is 0 Å². The Morgan fingerprint density at radius 3 is 2.75 bits per heavy atom. The molecule has 5 nitrogen and oxygen atoms in total. The molecule has 0 aromatic carbocycles. The van der Waals surface area contributed by atoms with Crippen molar-refractivity contribution < 1.29 is 14.3 Å². The summed E-state index contributed by atoms with van der Waals surface area (Å²) in [7, 11) is 0. The second-order valence-electron chi connectivity index (χ2n) is 5.40. The first-order chi connectivity index (χ1) is 9.55. The van der Waals surface area contributed by atoms with Crippen LogP contribution in [-0.2, 0) is 6.54 Å². The minimum Gasteiger partial charge on any atom is -0.475 e. The molecule has 5 heteroatoms. The molecule has 1 atom stereocenters. The van der Waals surface area contributed by atoms with Crippen molar-refractivity contribution in [1.29, 1.82) is 0 Å². The zero-order valence-corrected chi connectivity index (χ0v) is 12.6. The van der Waals surface area contributed by atoms with Gasteiger partial charge in [-0.25, -0.2) is 4.79 Å². The first-order valence-corrected chi connectivity index (χ1v) is 7.34. The zero-order valence-electron chi connectivity index (χ0n) is 12.6. The van der Waals surface area contributed by atoms with Gasteiger partial charge in [-0.1, -0.05) is 13.8 Å². The van der Waals surface area contributed by atoms with Crippen molar-refractivity contribution in [3.8, 4) is 0 Å². The van der Waals surface area contributed by atoms with Gasteiger partial charge in [0.15, 0.2) is 0 Å². The molecule has 1 aliphatic rings. The molecule has 1 aliphatic heterocycles. The van der Waals surface area contributed by atoms with E-state index in [-0.39, 0.29) is 5.76 Å². The number of nitrogens with zero attached hydrogens (tertiary/aromatic N) is 2. The summed E-state index contributed by atoms with van der Waals surface area (Å²) < 4.78 is 5.27. The summed E-state index contributed by atoms with van der Waals surface area (Å²) in [6.45, 7) is 11.3.